The summed E-state index contributed by atoms with van der Waals surface area (Å²) in [4.78, 5) is 12.6. The van der Waals surface area contributed by atoms with Crippen LogP contribution in [0.25, 0.3) is 0 Å². The quantitative estimate of drug-likeness (QED) is 0.855. The van der Waals surface area contributed by atoms with Crippen LogP contribution in [-0.4, -0.2) is 50.1 Å². The Morgan fingerprint density at radius 3 is 2.52 bits per heavy atom. The molecule has 1 saturated heterocycles. The second-order valence-electron chi connectivity index (χ2n) is 7.32. The zero-order chi connectivity index (χ0) is 19.7. The standard InChI is InChI=1S/C18H23N3O5S/c1-18(2,3)15-12-16(26-20-15)19-17(22)13-5-4-6-14(11-13)27(23,24)21-7-9-25-10-8-21/h4-6,11-12H,7-10H2,1-3H3,(H,19,22). The normalized spacial score (nSPS) is 16.3. The summed E-state index contributed by atoms with van der Waals surface area (Å²) in [7, 11) is -3.67. The number of hydrogen-bond donors (Lipinski definition) is 1. The Morgan fingerprint density at radius 2 is 1.89 bits per heavy atom. The summed E-state index contributed by atoms with van der Waals surface area (Å²) in [6.45, 7) is 7.27. The van der Waals surface area contributed by atoms with E-state index in [4.69, 9.17) is 9.26 Å². The maximum atomic E-state index is 12.7. The van der Waals surface area contributed by atoms with Gasteiger partial charge in [0, 0.05) is 30.1 Å². The minimum absolute atomic E-state index is 0.0741. The zero-order valence-electron chi connectivity index (χ0n) is 15.6. The maximum absolute atomic E-state index is 12.7. The molecule has 0 bridgehead atoms. The predicted molar refractivity (Wildman–Crippen MR) is 99.2 cm³/mol. The Kier molecular flexibility index (Phi) is 5.36. The Morgan fingerprint density at radius 1 is 1.19 bits per heavy atom. The van der Waals surface area contributed by atoms with Gasteiger partial charge in [0.1, 0.15) is 0 Å². The van der Waals surface area contributed by atoms with Crippen molar-refractivity contribution in [1.29, 1.82) is 0 Å². The van der Waals surface area contributed by atoms with Crippen molar-refractivity contribution in [2.24, 2.45) is 0 Å². The number of sulfonamides is 1. The Bertz CT molecular complexity index is 924. The number of aromatic nitrogens is 1. The van der Waals surface area contributed by atoms with Crippen molar-refractivity contribution in [3.63, 3.8) is 0 Å². The Balaban J connectivity index is 1.78. The van der Waals surface area contributed by atoms with Crippen LogP contribution in [0.4, 0.5) is 5.88 Å². The number of carbonyl (C=O) groups is 1. The summed E-state index contributed by atoms with van der Waals surface area (Å²) in [5.74, 6) is -0.253. The van der Waals surface area contributed by atoms with Gasteiger partial charge in [-0.15, -0.1) is 0 Å². The number of morpholine rings is 1. The lowest BCUT2D eigenvalue weighted by Crippen LogP contribution is -2.40. The van der Waals surface area contributed by atoms with Crippen molar-refractivity contribution in [2.75, 3.05) is 31.6 Å². The van der Waals surface area contributed by atoms with Crippen molar-refractivity contribution in [2.45, 2.75) is 31.1 Å². The van der Waals surface area contributed by atoms with Gasteiger partial charge in [0.2, 0.25) is 15.9 Å². The van der Waals surface area contributed by atoms with Gasteiger partial charge in [0.25, 0.3) is 5.91 Å². The average molecular weight is 393 g/mol. The van der Waals surface area contributed by atoms with E-state index in [0.29, 0.717) is 32.0 Å². The molecule has 0 atom stereocenters. The number of hydrogen-bond acceptors (Lipinski definition) is 6. The van der Waals surface area contributed by atoms with E-state index in [1.807, 2.05) is 20.8 Å². The van der Waals surface area contributed by atoms with E-state index in [2.05, 4.69) is 10.5 Å². The van der Waals surface area contributed by atoms with Crippen LogP contribution in [0.1, 0.15) is 36.8 Å². The van der Waals surface area contributed by atoms with E-state index in [1.165, 1.54) is 16.4 Å². The first kappa shape index (κ1) is 19.5. The number of amides is 1. The smallest absolute Gasteiger partial charge is 0.258 e. The minimum atomic E-state index is -3.67. The van der Waals surface area contributed by atoms with Gasteiger partial charge in [-0.05, 0) is 18.2 Å². The van der Waals surface area contributed by atoms with Gasteiger partial charge in [-0.3, -0.25) is 10.1 Å². The first-order valence-electron chi connectivity index (χ1n) is 8.64. The molecule has 1 N–H and O–H groups in total. The molecular formula is C18H23N3O5S. The lowest BCUT2D eigenvalue weighted by molar-refractivity contribution is 0.0730. The summed E-state index contributed by atoms with van der Waals surface area (Å²) >= 11 is 0. The molecule has 0 aliphatic carbocycles. The number of anilines is 1. The van der Waals surface area contributed by atoms with E-state index >= 15 is 0 Å². The molecule has 0 radical (unpaired) electrons. The molecule has 1 fully saturated rings. The lowest BCUT2D eigenvalue weighted by atomic mass is 9.92. The van der Waals surface area contributed by atoms with Crippen LogP contribution in [-0.2, 0) is 20.2 Å². The van der Waals surface area contributed by atoms with E-state index in [0.717, 1.165) is 0 Å². The van der Waals surface area contributed by atoms with Gasteiger partial charge in [0.15, 0.2) is 0 Å². The topological polar surface area (TPSA) is 102 Å². The molecule has 2 aromatic rings. The number of carbonyl (C=O) groups excluding carboxylic acids is 1. The second kappa shape index (κ2) is 7.41. The van der Waals surface area contributed by atoms with Crippen molar-refractivity contribution in [3.05, 3.63) is 41.6 Å². The molecule has 0 unspecified atom stereocenters. The molecule has 1 aromatic carbocycles. The highest BCUT2D eigenvalue weighted by Crippen LogP contribution is 2.24. The highest BCUT2D eigenvalue weighted by atomic mass is 32.2. The molecule has 1 aromatic heterocycles. The van der Waals surface area contributed by atoms with Gasteiger partial charge in [-0.25, -0.2) is 8.42 Å². The monoisotopic (exact) mass is 393 g/mol. The molecule has 2 heterocycles. The molecule has 146 valence electrons. The van der Waals surface area contributed by atoms with Crippen LogP contribution in [0.15, 0.2) is 39.8 Å². The number of nitrogens with one attached hydrogen (secondary N) is 1. The first-order valence-corrected chi connectivity index (χ1v) is 10.1. The minimum Gasteiger partial charge on any atom is -0.379 e. The lowest BCUT2D eigenvalue weighted by Gasteiger charge is -2.26. The molecule has 1 amide bonds. The SMILES string of the molecule is CC(C)(C)c1cc(NC(=O)c2cccc(S(=O)(=O)N3CCOCC3)c2)on1. The van der Waals surface area contributed by atoms with Gasteiger partial charge >= 0.3 is 0 Å². The molecule has 3 rings (SSSR count). The Labute approximate surface area is 158 Å². The number of rotatable bonds is 4. The van der Waals surface area contributed by atoms with Crippen LogP contribution in [0.3, 0.4) is 0 Å². The van der Waals surface area contributed by atoms with E-state index in [1.54, 1.807) is 18.2 Å². The highest BCUT2D eigenvalue weighted by molar-refractivity contribution is 7.89. The molecule has 0 saturated carbocycles. The highest BCUT2D eigenvalue weighted by Gasteiger charge is 2.27. The second-order valence-corrected chi connectivity index (χ2v) is 9.26. The van der Waals surface area contributed by atoms with E-state index in [9.17, 15) is 13.2 Å². The number of benzene rings is 1. The molecule has 1 aliphatic rings. The van der Waals surface area contributed by atoms with Gasteiger partial charge < -0.3 is 9.26 Å². The molecule has 1 aliphatic heterocycles. The summed E-state index contributed by atoms with van der Waals surface area (Å²) in [6, 6.07) is 7.60. The van der Waals surface area contributed by atoms with E-state index < -0.39 is 15.9 Å². The van der Waals surface area contributed by atoms with Crippen LogP contribution < -0.4 is 5.32 Å². The van der Waals surface area contributed by atoms with Crippen LogP contribution in [0.5, 0.6) is 0 Å². The number of ether oxygens (including phenoxy) is 1. The molecular weight excluding hydrogens is 370 g/mol. The fourth-order valence-electron chi connectivity index (χ4n) is 2.61. The molecule has 9 heteroatoms. The first-order chi connectivity index (χ1) is 12.7. The van der Waals surface area contributed by atoms with Crippen LogP contribution >= 0.6 is 0 Å². The maximum Gasteiger partial charge on any atom is 0.258 e. The zero-order valence-corrected chi connectivity index (χ0v) is 16.4. The molecule has 0 spiro atoms. The average Bonchev–Trinajstić information content (AvgIpc) is 3.11. The summed E-state index contributed by atoms with van der Waals surface area (Å²) < 4.78 is 37.2. The molecule has 8 nitrogen and oxygen atoms in total. The van der Waals surface area contributed by atoms with Gasteiger partial charge in [-0.2, -0.15) is 4.31 Å². The predicted octanol–water partition coefficient (Wildman–Crippen LogP) is 2.25. The fraction of sp³-hybridized carbons (Fsp3) is 0.444. The third kappa shape index (κ3) is 4.37. The largest absolute Gasteiger partial charge is 0.379 e. The Hall–Kier alpha value is -2.23. The third-order valence-electron chi connectivity index (χ3n) is 4.22. The van der Waals surface area contributed by atoms with Crippen molar-refractivity contribution >= 4 is 21.8 Å². The van der Waals surface area contributed by atoms with Gasteiger partial charge in [-0.1, -0.05) is 32.0 Å². The third-order valence-corrected chi connectivity index (χ3v) is 6.11. The van der Waals surface area contributed by atoms with Crippen molar-refractivity contribution < 1.29 is 22.5 Å². The number of nitrogens with zero attached hydrogens (tertiary/aromatic N) is 2. The fourth-order valence-corrected chi connectivity index (χ4v) is 4.06. The van der Waals surface area contributed by atoms with Crippen LogP contribution in [0, 0.1) is 0 Å². The van der Waals surface area contributed by atoms with Crippen molar-refractivity contribution in [1.82, 2.24) is 9.46 Å². The summed E-state index contributed by atoms with van der Waals surface area (Å²) in [5.41, 5.74) is 0.720. The molecule has 27 heavy (non-hydrogen) atoms. The van der Waals surface area contributed by atoms with Gasteiger partial charge in [0.05, 0.1) is 23.8 Å². The van der Waals surface area contributed by atoms with Crippen LogP contribution in [0.2, 0.25) is 0 Å². The van der Waals surface area contributed by atoms with Crippen molar-refractivity contribution in [3.8, 4) is 0 Å². The summed E-state index contributed by atoms with van der Waals surface area (Å²) in [6.07, 6.45) is 0. The summed E-state index contributed by atoms with van der Waals surface area (Å²) in [5, 5.41) is 6.56. The van der Waals surface area contributed by atoms with E-state index in [-0.39, 0.29) is 21.8 Å².